The molecule has 1 aliphatic carbocycles. The average Bonchev–Trinajstić information content (AvgIpc) is 2.93. The minimum absolute atomic E-state index is 0.180. The third-order valence-electron chi connectivity index (χ3n) is 5.65. The molecule has 0 aromatic carbocycles. The number of pyridine rings is 1. The molecule has 2 unspecified atom stereocenters. The predicted octanol–water partition coefficient (Wildman–Crippen LogP) is 2.96. The lowest BCUT2D eigenvalue weighted by atomic mass is 9.80. The second kappa shape index (κ2) is 6.05. The van der Waals surface area contributed by atoms with E-state index in [1.807, 2.05) is 6.20 Å². The van der Waals surface area contributed by atoms with E-state index in [2.05, 4.69) is 43.2 Å². The number of likely N-dealkylation sites (N-methyl/N-ethyl adjacent to an activating group) is 1. The van der Waals surface area contributed by atoms with Crippen LogP contribution in [0.3, 0.4) is 0 Å². The molecule has 1 saturated heterocycles. The molecule has 0 spiro atoms. The van der Waals surface area contributed by atoms with Gasteiger partial charge in [-0.15, -0.1) is 0 Å². The van der Waals surface area contributed by atoms with E-state index in [1.165, 1.54) is 56.5 Å². The molecule has 2 aliphatic rings. The van der Waals surface area contributed by atoms with Crippen molar-refractivity contribution in [2.75, 3.05) is 20.1 Å². The lowest BCUT2D eigenvalue weighted by Crippen LogP contribution is -2.60. The smallest absolute Gasteiger partial charge is 0.0482 e. The maximum absolute atomic E-state index is 4.71. The Labute approximate surface area is 129 Å². The van der Waals surface area contributed by atoms with E-state index in [9.17, 15) is 0 Å². The van der Waals surface area contributed by atoms with Gasteiger partial charge in [-0.2, -0.15) is 0 Å². The van der Waals surface area contributed by atoms with Crippen molar-refractivity contribution in [2.24, 2.45) is 0 Å². The second-order valence-electron chi connectivity index (χ2n) is 7.16. The molecule has 1 aromatic rings. The Bertz CT molecular complexity index is 477. The molecule has 1 fully saturated rings. The van der Waals surface area contributed by atoms with E-state index in [-0.39, 0.29) is 5.54 Å². The van der Waals surface area contributed by atoms with Crippen LogP contribution in [0.4, 0.5) is 0 Å². The first-order valence-electron chi connectivity index (χ1n) is 8.50. The molecule has 3 heteroatoms. The van der Waals surface area contributed by atoms with Gasteiger partial charge in [-0.3, -0.25) is 9.88 Å². The van der Waals surface area contributed by atoms with Crippen molar-refractivity contribution in [1.82, 2.24) is 15.2 Å². The fraction of sp³-hybridized carbons (Fsp3) is 0.722. The highest BCUT2D eigenvalue weighted by molar-refractivity contribution is 5.31. The predicted molar refractivity (Wildman–Crippen MR) is 87.6 cm³/mol. The Morgan fingerprint density at radius 1 is 1.29 bits per heavy atom. The van der Waals surface area contributed by atoms with Crippen molar-refractivity contribution in [3.63, 3.8) is 0 Å². The monoisotopic (exact) mass is 287 g/mol. The first-order valence-corrected chi connectivity index (χ1v) is 8.50. The van der Waals surface area contributed by atoms with Crippen LogP contribution in [0.15, 0.2) is 18.3 Å². The molecule has 116 valence electrons. The highest BCUT2D eigenvalue weighted by Gasteiger charge is 2.42. The molecule has 2 heterocycles. The number of nitrogens with one attached hydrogen (secondary N) is 1. The summed E-state index contributed by atoms with van der Waals surface area (Å²) < 4.78 is 0. The van der Waals surface area contributed by atoms with E-state index in [4.69, 9.17) is 4.98 Å². The maximum atomic E-state index is 4.71. The van der Waals surface area contributed by atoms with Gasteiger partial charge in [-0.25, -0.2) is 0 Å². The van der Waals surface area contributed by atoms with Crippen molar-refractivity contribution < 1.29 is 0 Å². The van der Waals surface area contributed by atoms with E-state index in [0.717, 1.165) is 0 Å². The summed E-state index contributed by atoms with van der Waals surface area (Å²) in [4.78, 5) is 7.40. The molecule has 1 N–H and O–H groups in total. The molecule has 0 saturated carbocycles. The summed E-state index contributed by atoms with van der Waals surface area (Å²) in [6.45, 7) is 7.32. The fourth-order valence-corrected chi connectivity index (χ4v) is 4.48. The molecule has 1 aromatic heterocycles. The third kappa shape index (κ3) is 2.74. The third-order valence-corrected chi connectivity index (χ3v) is 5.65. The number of aryl methyl sites for hydroxylation is 1. The van der Waals surface area contributed by atoms with E-state index >= 15 is 0 Å². The van der Waals surface area contributed by atoms with Gasteiger partial charge in [0.15, 0.2) is 0 Å². The largest absolute Gasteiger partial charge is 0.315 e. The van der Waals surface area contributed by atoms with Crippen LogP contribution in [0, 0.1) is 0 Å². The highest BCUT2D eigenvalue weighted by atomic mass is 15.2. The van der Waals surface area contributed by atoms with Crippen LogP contribution in [-0.2, 0) is 6.42 Å². The molecule has 0 bridgehead atoms. The summed E-state index contributed by atoms with van der Waals surface area (Å²) in [6.07, 6.45) is 8.46. The van der Waals surface area contributed by atoms with E-state index < -0.39 is 0 Å². The Balaban J connectivity index is 1.84. The fourth-order valence-electron chi connectivity index (χ4n) is 4.48. The number of hydrogen-bond donors (Lipinski definition) is 1. The Kier molecular flexibility index (Phi) is 4.32. The minimum atomic E-state index is 0.180. The lowest BCUT2D eigenvalue weighted by Gasteiger charge is -2.48. The van der Waals surface area contributed by atoms with Crippen LogP contribution in [0.5, 0.6) is 0 Å². The zero-order chi connectivity index (χ0) is 14.9. The summed E-state index contributed by atoms with van der Waals surface area (Å²) in [6, 6.07) is 4.79. The van der Waals surface area contributed by atoms with Crippen molar-refractivity contribution >= 4 is 0 Å². The SMILES string of the molecule is CNC(C1CCc2cccnc21)C(C)(C)N1CCCCC1. The van der Waals surface area contributed by atoms with Crippen LogP contribution < -0.4 is 5.32 Å². The van der Waals surface area contributed by atoms with E-state index in [0.29, 0.717) is 12.0 Å². The Hall–Kier alpha value is -0.930. The molecule has 0 radical (unpaired) electrons. The minimum Gasteiger partial charge on any atom is -0.315 e. The number of nitrogens with zero attached hydrogens (tertiary/aromatic N) is 2. The van der Waals surface area contributed by atoms with Gasteiger partial charge in [-0.1, -0.05) is 12.5 Å². The number of piperidine rings is 1. The van der Waals surface area contributed by atoms with Gasteiger partial charge in [0.1, 0.15) is 0 Å². The Morgan fingerprint density at radius 2 is 2.05 bits per heavy atom. The van der Waals surface area contributed by atoms with Crippen LogP contribution in [0.2, 0.25) is 0 Å². The van der Waals surface area contributed by atoms with Crippen molar-refractivity contribution in [3.05, 3.63) is 29.6 Å². The van der Waals surface area contributed by atoms with E-state index in [1.54, 1.807) is 0 Å². The van der Waals surface area contributed by atoms with Gasteiger partial charge in [0.05, 0.1) is 0 Å². The van der Waals surface area contributed by atoms with Crippen LogP contribution in [0.25, 0.3) is 0 Å². The molecule has 21 heavy (non-hydrogen) atoms. The first-order chi connectivity index (χ1) is 10.1. The summed E-state index contributed by atoms with van der Waals surface area (Å²) in [5, 5.41) is 3.64. The topological polar surface area (TPSA) is 28.2 Å². The zero-order valence-electron chi connectivity index (χ0n) is 13.7. The van der Waals surface area contributed by atoms with Crippen molar-refractivity contribution in [2.45, 2.75) is 63.5 Å². The molecular formula is C18H29N3. The van der Waals surface area contributed by atoms with Crippen LogP contribution >= 0.6 is 0 Å². The molecular weight excluding hydrogens is 258 g/mol. The molecule has 3 nitrogen and oxygen atoms in total. The van der Waals surface area contributed by atoms with Gasteiger partial charge >= 0.3 is 0 Å². The zero-order valence-corrected chi connectivity index (χ0v) is 13.7. The number of rotatable bonds is 4. The number of aromatic nitrogens is 1. The molecule has 3 rings (SSSR count). The summed E-state index contributed by atoms with van der Waals surface area (Å²) in [5.74, 6) is 0.545. The van der Waals surface area contributed by atoms with Gasteiger partial charge < -0.3 is 5.32 Å². The molecule has 0 amide bonds. The van der Waals surface area contributed by atoms with Gasteiger partial charge in [-0.05, 0) is 71.3 Å². The normalized spacial score (nSPS) is 24.8. The number of likely N-dealkylation sites (tertiary alicyclic amines) is 1. The van der Waals surface area contributed by atoms with Gasteiger partial charge in [0, 0.05) is 29.4 Å². The second-order valence-corrected chi connectivity index (χ2v) is 7.16. The maximum Gasteiger partial charge on any atom is 0.0482 e. The van der Waals surface area contributed by atoms with Crippen molar-refractivity contribution in [1.29, 1.82) is 0 Å². The standard InChI is InChI=1S/C18H29N3/c1-18(2,21-12-5-4-6-13-21)17(19-3)15-10-9-14-8-7-11-20-16(14)15/h7-8,11,15,17,19H,4-6,9-10,12-13H2,1-3H3. The van der Waals surface area contributed by atoms with Crippen molar-refractivity contribution in [3.8, 4) is 0 Å². The summed E-state index contributed by atoms with van der Waals surface area (Å²) in [5.41, 5.74) is 2.97. The summed E-state index contributed by atoms with van der Waals surface area (Å²) >= 11 is 0. The van der Waals surface area contributed by atoms with Crippen LogP contribution in [0.1, 0.15) is 56.7 Å². The highest BCUT2D eigenvalue weighted by Crippen LogP contribution is 2.39. The molecule has 2 atom stereocenters. The average molecular weight is 287 g/mol. The Morgan fingerprint density at radius 3 is 2.76 bits per heavy atom. The van der Waals surface area contributed by atoms with Gasteiger partial charge in [0.2, 0.25) is 0 Å². The molecule has 1 aliphatic heterocycles. The summed E-state index contributed by atoms with van der Waals surface area (Å²) in [7, 11) is 2.12. The number of hydrogen-bond acceptors (Lipinski definition) is 3. The lowest BCUT2D eigenvalue weighted by molar-refractivity contribution is 0.0539. The first kappa shape index (κ1) is 15.0. The van der Waals surface area contributed by atoms with Gasteiger partial charge in [0.25, 0.3) is 0 Å². The van der Waals surface area contributed by atoms with Crippen LogP contribution in [-0.4, -0.2) is 41.6 Å². The number of fused-ring (bicyclic) bond motifs is 1. The quantitative estimate of drug-likeness (QED) is 0.923.